The number of halogens is 3. The van der Waals surface area contributed by atoms with Crippen LogP contribution in [0.5, 0.6) is 5.75 Å². The molecule has 0 radical (unpaired) electrons. The zero-order valence-electron chi connectivity index (χ0n) is 15.4. The van der Waals surface area contributed by atoms with Crippen molar-refractivity contribution in [2.75, 3.05) is 7.11 Å². The monoisotopic (exact) mass is 487 g/mol. The van der Waals surface area contributed by atoms with Crippen LogP contribution in [-0.4, -0.2) is 17.2 Å². The topological polar surface area (TPSA) is 42.4 Å². The van der Waals surface area contributed by atoms with Crippen LogP contribution in [0.4, 0.5) is 0 Å². The van der Waals surface area contributed by atoms with Gasteiger partial charge in [-0.2, -0.15) is 0 Å². The molecule has 29 heavy (non-hydrogen) atoms. The second kappa shape index (κ2) is 7.96. The predicted octanol–water partition coefficient (Wildman–Crippen LogP) is 6.60. The minimum atomic E-state index is -1.45. The number of nitrogens with zero attached hydrogens (tertiary/aromatic N) is 1. The van der Waals surface area contributed by atoms with Crippen molar-refractivity contribution in [2.24, 2.45) is 0 Å². The molecule has 0 aliphatic carbocycles. The number of fused-ring (bicyclic) bond motifs is 1. The van der Waals surface area contributed by atoms with Crippen molar-refractivity contribution in [3.8, 4) is 5.75 Å². The highest BCUT2D eigenvalue weighted by molar-refractivity contribution is 9.10. The van der Waals surface area contributed by atoms with E-state index in [1.54, 1.807) is 37.6 Å². The molecule has 3 aromatic carbocycles. The van der Waals surface area contributed by atoms with E-state index in [4.69, 9.17) is 27.9 Å². The third-order valence-electron chi connectivity index (χ3n) is 4.92. The molecule has 0 bridgehead atoms. The van der Waals surface area contributed by atoms with Crippen LogP contribution in [0.3, 0.4) is 0 Å². The number of hydrogen-bond donors (Lipinski definition) is 1. The summed E-state index contributed by atoms with van der Waals surface area (Å²) in [5.41, 5.74) is 1.24. The van der Waals surface area contributed by atoms with Gasteiger partial charge in [0.05, 0.1) is 7.11 Å². The first kappa shape index (κ1) is 20.2. The molecule has 0 amide bonds. The summed E-state index contributed by atoms with van der Waals surface area (Å²) in [6.45, 7) is 0. The highest BCUT2D eigenvalue weighted by Gasteiger charge is 2.35. The maximum Gasteiger partial charge on any atom is 0.145 e. The minimum absolute atomic E-state index is 0.570. The van der Waals surface area contributed by atoms with Crippen molar-refractivity contribution in [1.29, 1.82) is 0 Å². The standard InChI is InChI=1S/C23H16BrCl2NO2/c1-29-21-13-16(12-19-20(24)10-11-27-22(19)21)23(28,14-2-6-17(25)7-3-14)15-4-8-18(26)9-5-15/h2-13,28H,1H3. The molecular formula is C23H16BrCl2NO2. The number of aromatic nitrogens is 1. The van der Waals surface area contributed by atoms with Gasteiger partial charge in [-0.3, -0.25) is 4.98 Å². The molecule has 0 saturated carbocycles. The Morgan fingerprint density at radius 2 is 1.41 bits per heavy atom. The Balaban J connectivity index is 2.05. The number of methoxy groups -OCH3 is 1. The van der Waals surface area contributed by atoms with Crippen LogP contribution in [0.1, 0.15) is 16.7 Å². The van der Waals surface area contributed by atoms with Crippen LogP contribution in [0.15, 0.2) is 77.4 Å². The first-order valence-electron chi connectivity index (χ1n) is 8.80. The van der Waals surface area contributed by atoms with Gasteiger partial charge in [0.1, 0.15) is 16.9 Å². The number of aliphatic hydroxyl groups is 1. The van der Waals surface area contributed by atoms with E-state index in [2.05, 4.69) is 20.9 Å². The number of benzene rings is 3. The Bertz CT molecular complexity index is 1130. The van der Waals surface area contributed by atoms with Crippen LogP contribution in [0, 0.1) is 0 Å². The Kier molecular flexibility index (Phi) is 5.54. The lowest BCUT2D eigenvalue weighted by Gasteiger charge is -2.31. The van der Waals surface area contributed by atoms with Gasteiger partial charge in [0.15, 0.2) is 0 Å². The lowest BCUT2D eigenvalue weighted by molar-refractivity contribution is 0.125. The quantitative estimate of drug-likeness (QED) is 0.329. The highest BCUT2D eigenvalue weighted by Crippen LogP contribution is 2.41. The Morgan fingerprint density at radius 3 is 1.93 bits per heavy atom. The van der Waals surface area contributed by atoms with E-state index in [1.165, 1.54) is 0 Å². The molecular weight excluding hydrogens is 473 g/mol. The lowest BCUT2D eigenvalue weighted by atomic mass is 9.80. The highest BCUT2D eigenvalue weighted by atomic mass is 79.9. The van der Waals surface area contributed by atoms with Crippen LogP contribution in [0.25, 0.3) is 10.9 Å². The van der Waals surface area contributed by atoms with E-state index in [9.17, 15) is 5.11 Å². The van der Waals surface area contributed by atoms with Crippen molar-refractivity contribution in [2.45, 2.75) is 5.60 Å². The molecule has 1 aromatic heterocycles. The van der Waals surface area contributed by atoms with Gasteiger partial charge in [-0.15, -0.1) is 0 Å². The van der Waals surface area contributed by atoms with E-state index in [-0.39, 0.29) is 0 Å². The van der Waals surface area contributed by atoms with Gasteiger partial charge in [0.2, 0.25) is 0 Å². The molecule has 4 aromatic rings. The molecule has 0 atom stereocenters. The van der Waals surface area contributed by atoms with Crippen molar-refractivity contribution in [1.82, 2.24) is 4.98 Å². The second-order valence-electron chi connectivity index (χ2n) is 6.59. The fourth-order valence-electron chi connectivity index (χ4n) is 3.44. The van der Waals surface area contributed by atoms with Crippen molar-refractivity contribution in [3.63, 3.8) is 0 Å². The summed E-state index contributed by atoms with van der Waals surface area (Å²) < 4.78 is 6.45. The molecule has 1 N–H and O–H groups in total. The fourth-order valence-corrected chi connectivity index (χ4v) is 4.11. The Morgan fingerprint density at radius 1 is 0.862 bits per heavy atom. The smallest absolute Gasteiger partial charge is 0.145 e. The third kappa shape index (κ3) is 3.62. The molecule has 0 aliphatic rings. The van der Waals surface area contributed by atoms with Crippen molar-refractivity contribution < 1.29 is 9.84 Å². The van der Waals surface area contributed by atoms with Gasteiger partial charge < -0.3 is 9.84 Å². The second-order valence-corrected chi connectivity index (χ2v) is 8.32. The van der Waals surface area contributed by atoms with Gasteiger partial charge in [-0.1, -0.05) is 63.4 Å². The molecule has 0 fully saturated rings. The van der Waals surface area contributed by atoms with E-state index in [0.717, 1.165) is 9.86 Å². The third-order valence-corrected chi connectivity index (χ3v) is 6.11. The van der Waals surface area contributed by atoms with Crippen LogP contribution in [-0.2, 0) is 5.60 Å². The summed E-state index contributed by atoms with van der Waals surface area (Å²) in [6.07, 6.45) is 1.71. The number of pyridine rings is 1. The Labute approximate surface area is 187 Å². The van der Waals surface area contributed by atoms with E-state index < -0.39 is 5.60 Å². The largest absolute Gasteiger partial charge is 0.494 e. The van der Waals surface area contributed by atoms with Gasteiger partial charge in [0.25, 0.3) is 0 Å². The molecule has 0 unspecified atom stereocenters. The van der Waals surface area contributed by atoms with Crippen LogP contribution >= 0.6 is 39.1 Å². The molecule has 6 heteroatoms. The molecule has 4 rings (SSSR count). The maximum atomic E-state index is 12.1. The minimum Gasteiger partial charge on any atom is -0.494 e. The van der Waals surface area contributed by atoms with Gasteiger partial charge in [-0.05, 0) is 59.2 Å². The zero-order chi connectivity index (χ0) is 20.6. The summed E-state index contributed by atoms with van der Waals surface area (Å²) >= 11 is 15.8. The maximum absolute atomic E-state index is 12.1. The normalized spacial score (nSPS) is 11.6. The van der Waals surface area contributed by atoms with E-state index >= 15 is 0 Å². The molecule has 0 saturated heterocycles. The van der Waals surface area contributed by atoms with Gasteiger partial charge >= 0.3 is 0 Å². The number of ether oxygens (including phenoxy) is 1. The predicted molar refractivity (Wildman–Crippen MR) is 121 cm³/mol. The van der Waals surface area contributed by atoms with E-state index in [0.29, 0.717) is 38.0 Å². The summed E-state index contributed by atoms with van der Waals surface area (Å²) in [5.74, 6) is 0.570. The van der Waals surface area contributed by atoms with Crippen LogP contribution < -0.4 is 4.74 Å². The zero-order valence-corrected chi connectivity index (χ0v) is 18.5. The van der Waals surface area contributed by atoms with Gasteiger partial charge in [-0.25, -0.2) is 0 Å². The lowest BCUT2D eigenvalue weighted by Crippen LogP contribution is -2.29. The summed E-state index contributed by atoms with van der Waals surface area (Å²) in [7, 11) is 1.59. The number of rotatable bonds is 4. The van der Waals surface area contributed by atoms with Crippen molar-refractivity contribution >= 4 is 50.0 Å². The summed E-state index contributed by atoms with van der Waals surface area (Å²) in [5, 5.41) is 14.1. The van der Waals surface area contributed by atoms with E-state index in [1.807, 2.05) is 42.5 Å². The fraction of sp³-hybridized carbons (Fsp3) is 0.0870. The molecule has 0 aliphatic heterocycles. The van der Waals surface area contributed by atoms with Gasteiger partial charge in [0, 0.05) is 26.1 Å². The first-order chi connectivity index (χ1) is 13.9. The molecule has 1 heterocycles. The molecule has 146 valence electrons. The summed E-state index contributed by atoms with van der Waals surface area (Å²) in [6, 6.07) is 19.9. The molecule has 0 spiro atoms. The first-order valence-corrected chi connectivity index (χ1v) is 10.4. The SMILES string of the molecule is COc1cc(C(O)(c2ccc(Cl)cc2)c2ccc(Cl)cc2)cc2c(Br)ccnc12. The number of hydrogen-bond acceptors (Lipinski definition) is 3. The molecule has 3 nitrogen and oxygen atoms in total. The average Bonchev–Trinajstić information content (AvgIpc) is 2.74. The van der Waals surface area contributed by atoms with Crippen molar-refractivity contribution in [3.05, 3.63) is 104 Å². The van der Waals surface area contributed by atoms with Crippen LogP contribution in [0.2, 0.25) is 10.0 Å². The summed E-state index contributed by atoms with van der Waals surface area (Å²) in [4.78, 5) is 4.43. The Hall–Kier alpha value is -2.11. The average molecular weight is 489 g/mol.